The minimum Gasteiger partial charge on any atom is -0.393 e. The maximum Gasteiger partial charge on any atom is 0.256 e. The van der Waals surface area contributed by atoms with Crippen molar-refractivity contribution in [3.05, 3.63) is 64.8 Å². The SMILES string of the molecule is C#CCN1CCN(C)c2cc(Nc3ncc(Cl)c(Nc4ccccc4C(=O)N(C)CC#C)n3)ccc2C1.C[C@]12CC[C@@H](O)C[C@H]1CC[C@@H]1[C@@H]2C(=O)C[C@@]2(C)[C@H]1CC[C@]2(O)C(=O)CO. The Balaban J connectivity index is 0.000000200. The van der Waals surface area contributed by atoms with Crippen LogP contribution in [-0.2, 0) is 16.1 Å². The van der Waals surface area contributed by atoms with E-state index in [1.807, 2.05) is 19.1 Å². The second-order valence-electron chi connectivity index (χ2n) is 18.7. The van der Waals surface area contributed by atoms with Crippen LogP contribution in [-0.4, -0.2) is 111 Å². The molecule has 4 fully saturated rings. The molecule has 14 heteroatoms. The lowest BCUT2D eigenvalue weighted by molar-refractivity contribution is -0.180. The maximum atomic E-state index is 13.4. The number of benzene rings is 2. The number of nitrogens with zero attached hydrogens (tertiary/aromatic N) is 5. The van der Waals surface area contributed by atoms with Gasteiger partial charge in [-0.3, -0.25) is 19.3 Å². The average molecular weight is 879 g/mol. The summed E-state index contributed by atoms with van der Waals surface area (Å²) in [4.78, 5) is 53.4. The molecule has 0 saturated heterocycles. The van der Waals surface area contributed by atoms with Crippen molar-refractivity contribution >= 4 is 57.9 Å². The highest BCUT2D eigenvalue weighted by molar-refractivity contribution is 6.33. The molecule has 0 spiro atoms. The Morgan fingerprint density at radius 1 is 1.05 bits per heavy atom. The van der Waals surface area contributed by atoms with E-state index in [0.29, 0.717) is 46.9 Å². The fourth-order valence-electron chi connectivity index (χ4n) is 11.7. The van der Waals surface area contributed by atoms with Crippen molar-refractivity contribution in [3.63, 3.8) is 0 Å². The number of amides is 1. The summed E-state index contributed by atoms with van der Waals surface area (Å²) in [5.74, 6) is 6.13. The molecule has 2 aromatic carbocycles. The summed E-state index contributed by atoms with van der Waals surface area (Å²) in [6.07, 6.45) is 17.9. The second-order valence-corrected chi connectivity index (χ2v) is 19.1. The normalized spacial score (nSPS) is 29.8. The zero-order chi connectivity index (χ0) is 45.3. The molecule has 1 amide bonds. The molecule has 0 unspecified atom stereocenters. The topological polar surface area (TPSA) is 171 Å². The lowest BCUT2D eigenvalue weighted by atomic mass is 9.44. The fraction of sp³-hybridized carbons (Fsp3) is 0.531. The van der Waals surface area contributed by atoms with Crippen LogP contribution < -0.4 is 15.5 Å². The van der Waals surface area contributed by atoms with Crippen molar-refractivity contribution in [2.75, 3.05) is 62.4 Å². The Morgan fingerprint density at radius 3 is 2.57 bits per heavy atom. The van der Waals surface area contributed by atoms with Crippen LogP contribution in [0.25, 0.3) is 0 Å². The number of halogens is 1. The van der Waals surface area contributed by atoms with E-state index in [2.05, 4.69) is 68.3 Å². The molecule has 0 radical (unpaired) electrons. The number of para-hydroxylation sites is 1. The van der Waals surface area contributed by atoms with Gasteiger partial charge in [0.05, 0.1) is 36.6 Å². The molecule has 8 rings (SSSR count). The molecule has 13 nitrogen and oxygen atoms in total. The van der Waals surface area contributed by atoms with Gasteiger partial charge < -0.3 is 35.8 Å². The van der Waals surface area contributed by atoms with E-state index in [1.54, 1.807) is 25.2 Å². The molecule has 2 heterocycles. The monoisotopic (exact) mass is 877 g/mol. The Kier molecular flexibility index (Phi) is 13.6. The number of rotatable bonds is 9. The molecule has 334 valence electrons. The third-order valence-corrected chi connectivity index (χ3v) is 15.4. The molecule has 5 aliphatic rings. The molecule has 4 aliphatic carbocycles. The van der Waals surface area contributed by atoms with Crippen LogP contribution in [0.1, 0.15) is 81.1 Å². The van der Waals surface area contributed by atoms with Crippen molar-refractivity contribution in [1.29, 1.82) is 0 Å². The number of Topliss-reactive ketones (excluding diaryl/α,β-unsaturated/α-hetero) is 2. The van der Waals surface area contributed by atoms with E-state index in [1.165, 1.54) is 16.7 Å². The third-order valence-electron chi connectivity index (χ3n) is 15.1. The second kappa shape index (κ2) is 18.6. The van der Waals surface area contributed by atoms with Gasteiger partial charge in [-0.05, 0) is 97.9 Å². The maximum absolute atomic E-state index is 13.4. The van der Waals surface area contributed by atoms with E-state index in [4.69, 9.17) is 24.4 Å². The largest absolute Gasteiger partial charge is 0.393 e. The Labute approximate surface area is 376 Å². The Bertz CT molecular complexity index is 2310. The highest BCUT2D eigenvalue weighted by Gasteiger charge is 2.68. The summed E-state index contributed by atoms with van der Waals surface area (Å²) in [7, 11) is 3.73. The molecule has 4 saturated carbocycles. The van der Waals surface area contributed by atoms with E-state index >= 15 is 0 Å². The van der Waals surface area contributed by atoms with Gasteiger partial charge in [0.1, 0.15) is 23.0 Å². The van der Waals surface area contributed by atoms with Crippen molar-refractivity contribution in [2.24, 2.45) is 34.5 Å². The first-order valence-corrected chi connectivity index (χ1v) is 22.4. The minimum atomic E-state index is -1.58. The lowest BCUT2D eigenvalue weighted by Gasteiger charge is -2.60. The fourth-order valence-corrected chi connectivity index (χ4v) is 11.9. The van der Waals surface area contributed by atoms with Gasteiger partial charge in [-0.2, -0.15) is 4.98 Å². The van der Waals surface area contributed by atoms with Crippen molar-refractivity contribution in [3.8, 4) is 24.7 Å². The molecular formula is C49H60ClN7O6. The van der Waals surface area contributed by atoms with E-state index in [-0.39, 0.29) is 53.9 Å². The predicted molar refractivity (Wildman–Crippen MR) is 245 cm³/mol. The van der Waals surface area contributed by atoms with Gasteiger partial charge in [0.15, 0.2) is 11.6 Å². The van der Waals surface area contributed by atoms with E-state index in [9.17, 15) is 29.7 Å². The van der Waals surface area contributed by atoms with E-state index in [0.717, 1.165) is 69.5 Å². The first kappa shape index (κ1) is 46.0. The number of carbonyl (C=O) groups is 3. The number of aliphatic hydroxyl groups is 3. The quantitative estimate of drug-likeness (QED) is 0.158. The van der Waals surface area contributed by atoms with Crippen LogP contribution >= 0.6 is 11.6 Å². The first-order valence-electron chi connectivity index (χ1n) is 22.0. The minimum absolute atomic E-state index is 0.0154. The first-order chi connectivity index (χ1) is 30.1. The summed E-state index contributed by atoms with van der Waals surface area (Å²) in [6.45, 7) is 6.85. The highest BCUT2D eigenvalue weighted by Crippen LogP contribution is 2.67. The number of ketones is 2. The summed E-state index contributed by atoms with van der Waals surface area (Å²) in [6, 6.07) is 13.3. The van der Waals surface area contributed by atoms with Crippen LogP contribution in [0.3, 0.4) is 0 Å². The van der Waals surface area contributed by atoms with Crippen molar-refractivity contribution < 1.29 is 29.7 Å². The van der Waals surface area contributed by atoms with Crippen LogP contribution in [0.15, 0.2) is 48.7 Å². The van der Waals surface area contributed by atoms with Gasteiger partial charge in [-0.15, -0.1) is 12.8 Å². The zero-order valence-corrected chi connectivity index (χ0v) is 37.5. The number of likely N-dealkylation sites (N-methyl/N-ethyl adjacent to an activating group) is 1. The molecule has 5 N–H and O–H groups in total. The molecule has 63 heavy (non-hydrogen) atoms. The van der Waals surface area contributed by atoms with Crippen molar-refractivity contribution in [2.45, 2.75) is 83.5 Å². The smallest absolute Gasteiger partial charge is 0.256 e. The predicted octanol–water partition coefficient (Wildman–Crippen LogP) is 6.07. The van der Waals surface area contributed by atoms with Gasteiger partial charge in [0.25, 0.3) is 5.91 Å². The number of carbonyl (C=O) groups excluding carboxylic acids is 3. The van der Waals surface area contributed by atoms with Gasteiger partial charge in [-0.25, -0.2) is 4.98 Å². The van der Waals surface area contributed by atoms with Crippen LogP contribution in [0.4, 0.5) is 28.8 Å². The number of hydrogen-bond donors (Lipinski definition) is 5. The zero-order valence-electron chi connectivity index (χ0n) is 36.7. The van der Waals surface area contributed by atoms with Crippen LogP contribution in [0.5, 0.6) is 0 Å². The van der Waals surface area contributed by atoms with E-state index < -0.39 is 23.4 Å². The number of hydrogen-bond acceptors (Lipinski definition) is 12. The summed E-state index contributed by atoms with van der Waals surface area (Å²) in [5, 5.41) is 37.4. The molecule has 8 atom stereocenters. The number of aliphatic hydroxyl groups excluding tert-OH is 2. The van der Waals surface area contributed by atoms with Gasteiger partial charge in [-0.1, -0.05) is 55.5 Å². The molecule has 1 aliphatic heterocycles. The summed E-state index contributed by atoms with van der Waals surface area (Å²) < 4.78 is 0. The van der Waals surface area contributed by atoms with Crippen LogP contribution in [0.2, 0.25) is 5.02 Å². The molecule has 0 bridgehead atoms. The Morgan fingerprint density at radius 2 is 1.83 bits per heavy atom. The summed E-state index contributed by atoms with van der Waals surface area (Å²) >= 11 is 6.40. The summed E-state index contributed by atoms with van der Waals surface area (Å²) in [5.41, 5.74) is 1.79. The van der Waals surface area contributed by atoms with Crippen LogP contribution in [0, 0.1) is 59.2 Å². The number of fused-ring (bicyclic) bond motifs is 6. The third kappa shape index (κ3) is 8.79. The number of terminal acetylenes is 2. The average Bonchev–Trinajstić information content (AvgIpc) is 3.43. The lowest BCUT2D eigenvalue weighted by Crippen LogP contribution is -2.62. The molecular weight excluding hydrogens is 818 g/mol. The number of nitrogens with one attached hydrogen (secondary N) is 2. The van der Waals surface area contributed by atoms with Crippen molar-refractivity contribution in [1.82, 2.24) is 19.8 Å². The standard InChI is InChI=1S/C28H28ClN7O.C21H32O5/c1-5-13-35(4)27(37)22-9-7-8-10-24(22)32-26-23(29)18-30-28(33-26)31-21-12-11-20-19-36(14-6-2)16-15-34(3)25(20)17-21;1-19-7-5-13(23)9-12(19)3-4-14-15-6-8-21(26,17(25)11-22)20(15,2)10-16(24)18(14)19/h1-2,7-12,17-18H,13-16,19H2,3-4H3,(H2,30,31,32,33);12-15,18,22-23,26H,3-11H2,1-2H3/t;12-,13-,14+,15+,18-,19+,20+,21+/m.1/s1. The number of anilines is 5. The van der Waals surface area contributed by atoms with Gasteiger partial charge >= 0.3 is 0 Å². The van der Waals surface area contributed by atoms with Gasteiger partial charge in [0, 0.05) is 62.9 Å². The highest BCUT2D eigenvalue weighted by atomic mass is 35.5. The Hall–Kier alpha value is -5.02. The molecule has 3 aromatic rings. The molecule has 1 aromatic heterocycles. The number of aromatic nitrogens is 2. The van der Waals surface area contributed by atoms with Gasteiger partial charge in [0.2, 0.25) is 5.95 Å².